The fraction of sp³-hybridized carbons (Fsp3) is 0.611. The number of carbonyl (C=O) groups excluding carboxylic acids is 1. The average Bonchev–Trinajstić information content (AvgIpc) is 2.46. The first kappa shape index (κ1) is 20.0. The zero-order valence-corrected chi connectivity index (χ0v) is 16.3. The molecule has 0 aliphatic carbocycles. The molecule has 5 heteroatoms. The molecule has 1 unspecified atom stereocenters. The minimum absolute atomic E-state index is 0.0913. The molecule has 0 radical (unpaired) electrons. The number of amides is 1. The lowest BCUT2D eigenvalue weighted by atomic mass is 9.97. The number of carbonyl (C=O) groups is 1. The number of aryl methyl sites for hydroxylation is 1. The lowest BCUT2D eigenvalue weighted by Crippen LogP contribution is -2.38. The molecular weight excluding hydrogens is 358 g/mol. The maximum absolute atomic E-state index is 11.7. The van der Waals surface area contributed by atoms with E-state index in [0.29, 0.717) is 6.54 Å². The van der Waals surface area contributed by atoms with Gasteiger partial charge in [-0.3, -0.25) is 0 Å². The van der Waals surface area contributed by atoms with Crippen LogP contribution in [-0.4, -0.2) is 31.5 Å². The minimum Gasteiger partial charge on any atom is -0.444 e. The van der Waals surface area contributed by atoms with Gasteiger partial charge in [-0.1, -0.05) is 35.0 Å². The number of benzene rings is 1. The number of nitrogens with one attached hydrogen (secondary N) is 1. The van der Waals surface area contributed by atoms with Gasteiger partial charge in [-0.05, 0) is 57.2 Å². The van der Waals surface area contributed by atoms with E-state index in [0.717, 1.165) is 17.3 Å². The van der Waals surface area contributed by atoms with Gasteiger partial charge in [0.25, 0.3) is 0 Å². The maximum Gasteiger partial charge on any atom is 0.407 e. The van der Waals surface area contributed by atoms with Gasteiger partial charge < -0.3 is 14.8 Å². The third-order valence-electron chi connectivity index (χ3n) is 3.54. The highest BCUT2D eigenvalue weighted by Gasteiger charge is 2.20. The summed E-state index contributed by atoms with van der Waals surface area (Å²) in [6, 6.07) is 8.32. The van der Waals surface area contributed by atoms with Crippen LogP contribution < -0.4 is 5.32 Å². The Hall–Kier alpha value is -1.07. The number of hydrogen-bond donors (Lipinski definition) is 1. The first-order valence-electron chi connectivity index (χ1n) is 7.95. The molecule has 0 heterocycles. The van der Waals surface area contributed by atoms with Crippen LogP contribution in [0.25, 0.3) is 0 Å². The monoisotopic (exact) mass is 385 g/mol. The number of ether oxygens (including phenoxy) is 2. The Morgan fingerprint density at radius 3 is 2.39 bits per heavy atom. The summed E-state index contributed by atoms with van der Waals surface area (Å²) < 4.78 is 11.9. The molecule has 1 N–H and O–H groups in total. The Kier molecular flexibility index (Phi) is 8.06. The van der Waals surface area contributed by atoms with Crippen molar-refractivity contribution in [2.24, 2.45) is 5.92 Å². The van der Waals surface area contributed by atoms with Crippen molar-refractivity contribution in [2.75, 3.05) is 13.7 Å². The van der Waals surface area contributed by atoms with Crippen molar-refractivity contribution < 1.29 is 14.3 Å². The first-order chi connectivity index (χ1) is 10.7. The summed E-state index contributed by atoms with van der Waals surface area (Å²) >= 11 is 3.44. The lowest BCUT2D eigenvalue weighted by Gasteiger charge is -2.24. The number of hydrogen-bond acceptors (Lipinski definition) is 3. The van der Waals surface area contributed by atoms with Crippen molar-refractivity contribution in [2.45, 2.75) is 52.2 Å². The summed E-state index contributed by atoms with van der Waals surface area (Å²) in [4.78, 5) is 11.7. The largest absolute Gasteiger partial charge is 0.444 e. The Labute approximate surface area is 148 Å². The van der Waals surface area contributed by atoms with Gasteiger partial charge in [-0.2, -0.15) is 0 Å². The molecule has 0 fully saturated rings. The molecule has 0 aliphatic rings. The molecule has 130 valence electrons. The smallest absolute Gasteiger partial charge is 0.407 e. The summed E-state index contributed by atoms with van der Waals surface area (Å²) in [6.45, 7) is 8.17. The van der Waals surface area contributed by atoms with Crippen LogP contribution in [0, 0.1) is 5.92 Å². The van der Waals surface area contributed by atoms with E-state index >= 15 is 0 Å². The van der Waals surface area contributed by atoms with Crippen molar-refractivity contribution in [3.05, 3.63) is 34.3 Å². The summed E-state index contributed by atoms with van der Waals surface area (Å²) in [6.07, 6.45) is 1.57. The predicted octanol–water partition coefficient (Wildman–Crippen LogP) is 4.56. The van der Waals surface area contributed by atoms with Crippen LogP contribution >= 0.6 is 15.9 Å². The van der Waals surface area contributed by atoms with Gasteiger partial charge in [0, 0.05) is 18.1 Å². The van der Waals surface area contributed by atoms with Crippen LogP contribution in [0.4, 0.5) is 4.79 Å². The van der Waals surface area contributed by atoms with E-state index in [9.17, 15) is 4.79 Å². The molecule has 0 aliphatic heterocycles. The molecule has 1 aromatic rings. The average molecular weight is 386 g/mol. The quantitative estimate of drug-likeness (QED) is 0.748. The topological polar surface area (TPSA) is 47.6 Å². The molecule has 0 saturated heterocycles. The predicted molar refractivity (Wildman–Crippen MR) is 96.7 cm³/mol. The van der Waals surface area contributed by atoms with Crippen LogP contribution in [0.3, 0.4) is 0 Å². The van der Waals surface area contributed by atoms with Crippen molar-refractivity contribution in [3.8, 4) is 0 Å². The van der Waals surface area contributed by atoms with Gasteiger partial charge in [0.15, 0.2) is 0 Å². The second-order valence-corrected chi connectivity index (χ2v) is 7.72. The van der Waals surface area contributed by atoms with Gasteiger partial charge in [0.1, 0.15) is 5.60 Å². The molecule has 0 bridgehead atoms. The van der Waals surface area contributed by atoms with E-state index < -0.39 is 5.60 Å². The van der Waals surface area contributed by atoms with Gasteiger partial charge in [-0.25, -0.2) is 4.79 Å². The second kappa shape index (κ2) is 9.28. The molecule has 1 rings (SSSR count). The van der Waals surface area contributed by atoms with Gasteiger partial charge in [0.2, 0.25) is 0 Å². The Morgan fingerprint density at radius 2 is 1.87 bits per heavy atom. The fourth-order valence-electron chi connectivity index (χ4n) is 2.28. The SMILES string of the molecule is COC(CCc1ccc(Br)cc1)[C@H](C)CNC(=O)OC(C)(C)C. The minimum atomic E-state index is -0.477. The summed E-state index contributed by atoms with van der Waals surface area (Å²) in [5, 5.41) is 2.81. The Balaban J connectivity index is 2.41. The van der Waals surface area contributed by atoms with Crippen molar-refractivity contribution in [1.29, 1.82) is 0 Å². The summed E-state index contributed by atoms with van der Waals surface area (Å²) in [5.41, 5.74) is 0.804. The van der Waals surface area contributed by atoms with E-state index in [4.69, 9.17) is 9.47 Å². The van der Waals surface area contributed by atoms with Gasteiger partial charge in [0.05, 0.1) is 6.10 Å². The highest BCUT2D eigenvalue weighted by atomic mass is 79.9. The van der Waals surface area contributed by atoms with Crippen LogP contribution in [0.2, 0.25) is 0 Å². The second-order valence-electron chi connectivity index (χ2n) is 6.80. The van der Waals surface area contributed by atoms with E-state index in [1.54, 1.807) is 7.11 Å². The van der Waals surface area contributed by atoms with Crippen LogP contribution in [0.1, 0.15) is 39.7 Å². The van der Waals surface area contributed by atoms with E-state index in [-0.39, 0.29) is 18.1 Å². The van der Waals surface area contributed by atoms with Crippen LogP contribution in [0.5, 0.6) is 0 Å². The molecule has 0 aromatic heterocycles. The van der Waals surface area contributed by atoms with Crippen molar-refractivity contribution in [1.82, 2.24) is 5.32 Å². The van der Waals surface area contributed by atoms with Gasteiger partial charge >= 0.3 is 6.09 Å². The Bertz CT molecular complexity index is 482. The number of halogens is 1. The number of alkyl carbamates (subject to hydrolysis) is 1. The molecule has 1 aromatic carbocycles. The lowest BCUT2D eigenvalue weighted by molar-refractivity contribution is 0.0392. The summed E-state index contributed by atoms with van der Waals surface area (Å²) in [7, 11) is 1.72. The van der Waals surface area contributed by atoms with Crippen LogP contribution in [0.15, 0.2) is 28.7 Å². The standard InChI is InChI=1S/C18H28BrNO3/c1-13(12-20-17(21)23-18(2,3)4)16(22-5)11-8-14-6-9-15(19)10-7-14/h6-7,9-10,13,16H,8,11-12H2,1-5H3,(H,20,21)/t13-,16?/m1/s1. The van der Waals surface area contributed by atoms with Crippen molar-refractivity contribution in [3.63, 3.8) is 0 Å². The molecule has 23 heavy (non-hydrogen) atoms. The Morgan fingerprint density at radius 1 is 1.26 bits per heavy atom. The molecular formula is C18H28BrNO3. The third-order valence-corrected chi connectivity index (χ3v) is 4.06. The highest BCUT2D eigenvalue weighted by Crippen LogP contribution is 2.16. The zero-order chi connectivity index (χ0) is 17.5. The molecule has 1 amide bonds. The van der Waals surface area contributed by atoms with Crippen molar-refractivity contribution >= 4 is 22.0 Å². The summed E-state index contributed by atoms with van der Waals surface area (Å²) in [5.74, 6) is 0.211. The first-order valence-corrected chi connectivity index (χ1v) is 8.74. The molecule has 4 nitrogen and oxygen atoms in total. The van der Waals surface area contributed by atoms with E-state index in [1.807, 2.05) is 32.9 Å². The maximum atomic E-state index is 11.7. The number of rotatable bonds is 7. The fourth-order valence-corrected chi connectivity index (χ4v) is 2.55. The number of methoxy groups -OCH3 is 1. The zero-order valence-electron chi connectivity index (χ0n) is 14.7. The van der Waals surface area contributed by atoms with E-state index in [1.165, 1.54) is 5.56 Å². The van der Waals surface area contributed by atoms with E-state index in [2.05, 4.69) is 40.3 Å². The molecule has 0 spiro atoms. The molecule has 0 saturated carbocycles. The van der Waals surface area contributed by atoms with Crippen LogP contribution in [-0.2, 0) is 15.9 Å². The molecule has 2 atom stereocenters. The van der Waals surface area contributed by atoms with Gasteiger partial charge in [-0.15, -0.1) is 0 Å². The highest BCUT2D eigenvalue weighted by molar-refractivity contribution is 9.10. The third kappa shape index (κ3) is 8.37. The normalized spacial score (nSPS) is 14.2.